The lowest BCUT2D eigenvalue weighted by Gasteiger charge is -2.29. The number of amides is 4. The van der Waals surface area contributed by atoms with Gasteiger partial charge >= 0.3 is 5.97 Å². The van der Waals surface area contributed by atoms with Crippen LogP contribution in [0.1, 0.15) is 65.0 Å². The Morgan fingerprint density at radius 3 is 2.53 bits per heavy atom. The summed E-state index contributed by atoms with van der Waals surface area (Å²) in [5.74, 6) is -3.25. The summed E-state index contributed by atoms with van der Waals surface area (Å²) in [5, 5.41) is 29.0. The molecule has 38 heavy (non-hydrogen) atoms. The molecule has 1 saturated heterocycles. The first-order valence-corrected chi connectivity index (χ1v) is 13.5. The zero-order valence-corrected chi connectivity index (χ0v) is 22.6. The first-order valence-electron chi connectivity index (χ1n) is 12.6. The van der Waals surface area contributed by atoms with Crippen LogP contribution in [-0.4, -0.2) is 75.2 Å². The standard InChI is InChI=1S/C24H37N5O8S/c1-13(2)22-18(30)10-21(33)37-16(6-4-5-7-19(31)29-36)9-20(32)27-17(8-15-11-38-12-25-15)24(35)26-14(3)23(34)28-22/h11-14,16-18,22,30,36H,4-10H2,1-3H3,(H,26,35)(H,27,32)(H,28,34)(H,29,31)/t14-,16-,17-,18+,22-/m1/s1. The highest BCUT2D eigenvalue weighted by molar-refractivity contribution is 7.07. The molecule has 5 atom stereocenters. The SMILES string of the molecule is CC(C)[C@H]1NC(=O)[C@@H](C)NC(=O)[C@@H](Cc2cscn2)NC(=O)C[C@@H](CCCCC(=O)NO)OC(=O)C[C@@H]1O. The number of esters is 1. The molecule has 0 spiro atoms. The molecular weight excluding hydrogens is 518 g/mol. The fraction of sp³-hybridized carbons (Fsp3) is 0.667. The molecule has 0 aliphatic carbocycles. The van der Waals surface area contributed by atoms with Gasteiger partial charge in [-0.25, -0.2) is 10.5 Å². The lowest BCUT2D eigenvalue weighted by Crippen LogP contribution is -2.56. The normalized spacial score (nSPS) is 25.9. The van der Waals surface area contributed by atoms with Crippen molar-refractivity contribution in [3.05, 3.63) is 16.6 Å². The first-order chi connectivity index (χ1) is 18.0. The summed E-state index contributed by atoms with van der Waals surface area (Å²) in [6, 6.07) is -2.81. The van der Waals surface area contributed by atoms with Crippen molar-refractivity contribution in [3.8, 4) is 0 Å². The summed E-state index contributed by atoms with van der Waals surface area (Å²) >= 11 is 1.33. The van der Waals surface area contributed by atoms with Crippen LogP contribution in [0.2, 0.25) is 0 Å². The molecule has 4 amide bonds. The Balaban J connectivity index is 2.26. The highest BCUT2D eigenvalue weighted by Crippen LogP contribution is 2.16. The predicted molar refractivity (Wildman–Crippen MR) is 136 cm³/mol. The molecule has 0 bridgehead atoms. The first kappa shape index (κ1) is 31.1. The van der Waals surface area contributed by atoms with Crippen LogP contribution in [0.25, 0.3) is 0 Å². The predicted octanol–water partition coefficient (Wildman–Crippen LogP) is -0.0518. The van der Waals surface area contributed by atoms with E-state index in [4.69, 9.17) is 9.94 Å². The molecule has 0 aromatic carbocycles. The summed E-state index contributed by atoms with van der Waals surface area (Å²) in [7, 11) is 0. The third kappa shape index (κ3) is 10.3. The van der Waals surface area contributed by atoms with Crippen molar-refractivity contribution in [2.45, 2.75) is 96.1 Å². The third-order valence-corrected chi connectivity index (χ3v) is 6.77. The maximum atomic E-state index is 13.1. The summed E-state index contributed by atoms with van der Waals surface area (Å²) in [4.78, 5) is 66.9. The third-order valence-electron chi connectivity index (χ3n) is 6.13. The van der Waals surface area contributed by atoms with E-state index in [0.717, 1.165) is 0 Å². The van der Waals surface area contributed by atoms with Gasteiger partial charge in [-0.2, -0.15) is 0 Å². The number of unbranched alkanes of at least 4 members (excludes halogenated alkanes) is 1. The molecule has 0 unspecified atom stereocenters. The Labute approximate surface area is 225 Å². The van der Waals surface area contributed by atoms with Crippen LogP contribution >= 0.6 is 11.3 Å². The van der Waals surface area contributed by atoms with E-state index >= 15 is 0 Å². The van der Waals surface area contributed by atoms with E-state index in [0.29, 0.717) is 18.5 Å². The Morgan fingerprint density at radius 1 is 1.16 bits per heavy atom. The number of aromatic nitrogens is 1. The lowest BCUT2D eigenvalue weighted by atomic mass is 9.96. The molecule has 1 fully saturated rings. The quantitative estimate of drug-likeness (QED) is 0.110. The van der Waals surface area contributed by atoms with Crippen molar-refractivity contribution >= 4 is 40.9 Å². The van der Waals surface area contributed by atoms with E-state index in [9.17, 15) is 29.1 Å². The number of carbonyl (C=O) groups is 5. The number of thiazole rings is 1. The minimum atomic E-state index is -1.26. The number of nitrogens with zero attached hydrogens (tertiary/aromatic N) is 1. The van der Waals surface area contributed by atoms with Gasteiger partial charge in [-0.1, -0.05) is 13.8 Å². The molecule has 1 aliphatic rings. The molecule has 212 valence electrons. The average Bonchev–Trinajstić information content (AvgIpc) is 3.36. The topological polar surface area (TPSA) is 196 Å². The maximum absolute atomic E-state index is 13.1. The lowest BCUT2D eigenvalue weighted by molar-refractivity contribution is -0.154. The minimum absolute atomic E-state index is 0.0475. The van der Waals surface area contributed by atoms with Gasteiger partial charge in [0.2, 0.25) is 23.6 Å². The molecule has 0 radical (unpaired) electrons. The van der Waals surface area contributed by atoms with E-state index in [1.807, 2.05) is 0 Å². The molecule has 14 heteroatoms. The number of nitrogens with one attached hydrogen (secondary N) is 4. The fourth-order valence-electron chi connectivity index (χ4n) is 4.04. The zero-order valence-electron chi connectivity index (χ0n) is 21.8. The number of hydrogen-bond donors (Lipinski definition) is 6. The number of aliphatic hydroxyl groups is 1. The Hall–Kier alpha value is -3.10. The van der Waals surface area contributed by atoms with Gasteiger partial charge in [-0.15, -0.1) is 11.3 Å². The van der Waals surface area contributed by atoms with Crippen molar-refractivity contribution < 1.29 is 39.0 Å². The van der Waals surface area contributed by atoms with Gasteiger partial charge in [-0.3, -0.25) is 29.2 Å². The van der Waals surface area contributed by atoms with Crippen molar-refractivity contribution in [2.75, 3.05) is 0 Å². The molecular formula is C24H37N5O8S. The second-order valence-electron chi connectivity index (χ2n) is 9.68. The van der Waals surface area contributed by atoms with E-state index in [2.05, 4.69) is 20.9 Å². The Morgan fingerprint density at radius 2 is 1.89 bits per heavy atom. The molecule has 2 heterocycles. The Kier molecular flexibility index (Phi) is 12.6. The van der Waals surface area contributed by atoms with Crippen molar-refractivity contribution in [1.29, 1.82) is 0 Å². The summed E-state index contributed by atoms with van der Waals surface area (Å²) in [6.45, 7) is 5.03. The average molecular weight is 556 g/mol. The number of carbonyl (C=O) groups excluding carboxylic acids is 5. The number of aliphatic hydroxyl groups excluding tert-OH is 1. The highest BCUT2D eigenvalue weighted by atomic mass is 32.1. The summed E-state index contributed by atoms with van der Waals surface area (Å²) < 4.78 is 5.51. The van der Waals surface area contributed by atoms with Gasteiger partial charge in [0.15, 0.2) is 0 Å². The molecule has 1 aromatic heterocycles. The van der Waals surface area contributed by atoms with Gasteiger partial charge in [0.1, 0.15) is 18.2 Å². The van der Waals surface area contributed by atoms with Gasteiger partial charge in [0.05, 0.1) is 36.2 Å². The van der Waals surface area contributed by atoms with Crippen molar-refractivity contribution in [2.24, 2.45) is 5.92 Å². The molecule has 13 nitrogen and oxygen atoms in total. The van der Waals surface area contributed by atoms with E-state index < -0.39 is 66.4 Å². The van der Waals surface area contributed by atoms with Crippen molar-refractivity contribution in [1.82, 2.24) is 26.4 Å². The summed E-state index contributed by atoms with van der Waals surface area (Å²) in [6.07, 6.45) is -1.67. The number of hydroxylamine groups is 1. The van der Waals surface area contributed by atoms with E-state index in [1.54, 1.807) is 30.2 Å². The number of ether oxygens (including phenoxy) is 1. The van der Waals surface area contributed by atoms with Crippen LogP contribution in [0, 0.1) is 5.92 Å². The van der Waals surface area contributed by atoms with E-state index in [1.165, 1.54) is 18.3 Å². The number of rotatable bonds is 8. The highest BCUT2D eigenvalue weighted by Gasteiger charge is 2.32. The molecule has 1 aromatic rings. The zero-order chi connectivity index (χ0) is 28.2. The van der Waals surface area contributed by atoms with Crippen LogP contribution in [-0.2, 0) is 35.1 Å². The van der Waals surface area contributed by atoms with Crippen LogP contribution in [0.4, 0.5) is 0 Å². The van der Waals surface area contributed by atoms with Gasteiger partial charge in [0, 0.05) is 18.2 Å². The molecule has 2 rings (SSSR count). The smallest absolute Gasteiger partial charge is 0.308 e. The maximum Gasteiger partial charge on any atom is 0.308 e. The fourth-order valence-corrected chi connectivity index (χ4v) is 4.61. The van der Waals surface area contributed by atoms with Crippen LogP contribution in [0.5, 0.6) is 0 Å². The number of hydrogen-bond acceptors (Lipinski definition) is 10. The summed E-state index contributed by atoms with van der Waals surface area (Å²) in [5.41, 5.74) is 3.72. The number of cyclic esters (lactones) is 1. The van der Waals surface area contributed by atoms with Crippen LogP contribution in [0.15, 0.2) is 10.9 Å². The largest absolute Gasteiger partial charge is 0.462 e. The van der Waals surface area contributed by atoms with Gasteiger partial charge < -0.3 is 25.8 Å². The van der Waals surface area contributed by atoms with Crippen molar-refractivity contribution in [3.63, 3.8) is 0 Å². The van der Waals surface area contributed by atoms with Crippen LogP contribution < -0.4 is 21.4 Å². The molecule has 0 saturated carbocycles. The van der Waals surface area contributed by atoms with Gasteiger partial charge in [0.25, 0.3) is 0 Å². The second-order valence-corrected chi connectivity index (χ2v) is 10.4. The monoisotopic (exact) mass is 555 g/mol. The van der Waals surface area contributed by atoms with Gasteiger partial charge in [-0.05, 0) is 32.1 Å². The van der Waals surface area contributed by atoms with E-state index in [-0.39, 0.29) is 31.6 Å². The minimum Gasteiger partial charge on any atom is -0.462 e. The second kappa shape index (κ2) is 15.3. The molecule has 1 aliphatic heterocycles. The molecule has 6 N–H and O–H groups in total. The Bertz CT molecular complexity index is 958. The van der Waals surface area contributed by atoms with Crippen LogP contribution in [0.3, 0.4) is 0 Å².